The molecular weight excluding hydrogens is 614 g/mol. The summed E-state index contributed by atoms with van der Waals surface area (Å²) >= 11 is 0. The van der Waals surface area contributed by atoms with Crippen LogP contribution in [0.5, 0.6) is 0 Å². The minimum Gasteiger partial charge on any atom is -0.451 e. The lowest BCUT2D eigenvalue weighted by Crippen LogP contribution is -2.51. The quantitative estimate of drug-likeness (QED) is 0.131. The summed E-state index contributed by atoms with van der Waals surface area (Å²) in [6.07, 6.45) is 13.7. The lowest BCUT2D eigenvalue weighted by atomic mass is 9.82. The van der Waals surface area contributed by atoms with E-state index in [0.29, 0.717) is 11.1 Å². The molecule has 1 saturated heterocycles. The van der Waals surface area contributed by atoms with Crippen LogP contribution in [0.1, 0.15) is 97.1 Å². The first-order valence-corrected chi connectivity index (χ1v) is 18.4. The van der Waals surface area contributed by atoms with Crippen molar-refractivity contribution in [3.05, 3.63) is 65.5 Å². The highest BCUT2D eigenvalue weighted by Gasteiger charge is 2.40. The van der Waals surface area contributed by atoms with Gasteiger partial charge in [0.15, 0.2) is 5.76 Å². The molecule has 49 heavy (non-hydrogen) atoms. The molecule has 2 amide bonds. The van der Waals surface area contributed by atoms with E-state index in [0.717, 1.165) is 137 Å². The van der Waals surface area contributed by atoms with Crippen LogP contribution in [-0.2, 0) is 11.2 Å². The van der Waals surface area contributed by atoms with Crippen LogP contribution >= 0.6 is 0 Å². The lowest BCUT2D eigenvalue weighted by Gasteiger charge is -2.39. The number of aromatic nitrogens is 1. The molecule has 3 saturated carbocycles. The van der Waals surface area contributed by atoms with Crippen LogP contribution in [0.4, 0.5) is 5.69 Å². The monoisotopic (exact) mass is 659 g/mol. The Hall–Kier alpha value is -4.42. The molecule has 9 nitrogen and oxygen atoms in total. The number of hydrogen-bond donors (Lipinski definition) is 0. The van der Waals surface area contributed by atoms with Crippen molar-refractivity contribution in [1.29, 1.82) is 5.26 Å². The Morgan fingerprint density at radius 1 is 0.857 bits per heavy atom. The first-order valence-electron chi connectivity index (χ1n) is 18.4. The summed E-state index contributed by atoms with van der Waals surface area (Å²) in [5, 5.41) is 11.4. The van der Waals surface area contributed by atoms with Gasteiger partial charge >= 0.3 is 0 Å². The third kappa shape index (κ3) is 6.16. The average molecular weight is 660 g/mol. The number of nitrogens with zero attached hydrogens (tertiary/aromatic N) is 5. The largest absolute Gasteiger partial charge is 0.451 e. The molecule has 3 heterocycles. The van der Waals surface area contributed by atoms with E-state index in [4.69, 9.17) is 4.42 Å². The highest BCUT2D eigenvalue weighted by atomic mass is 16.3. The van der Waals surface area contributed by atoms with Crippen molar-refractivity contribution in [1.82, 2.24) is 14.4 Å². The molecule has 3 aliphatic carbocycles. The van der Waals surface area contributed by atoms with Crippen molar-refractivity contribution in [2.24, 2.45) is 11.8 Å². The summed E-state index contributed by atoms with van der Waals surface area (Å²) in [5.74, 6) is 0.264. The molecule has 0 spiro atoms. The van der Waals surface area contributed by atoms with E-state index in [-0.39, 0.29) is 41.4 Å². The summed E-state index contributed by atoms with van der Waals surface area (Å²) in [6.45, 7) is 4.84. The Balaban J connectivity index is 0.857. The fraction of sp³-hybridized carbons (Fsp3) is 0.500. The second-order valence-corrected chi connectivity index (χ2v) is 14.7. The summed E-state index contributed by atoms with van der Waals surface area (Å²) in [6, 6.07) is 15.9. The van der Waals surface area contributed by atoms with Gasteiger partial charge in [0.2, 0.25) is 11.8 Å². The molecule has 0 N–H and O–H groups in total. The first kappa shape index (κ1) is 31.8. The fourth-order valence-electron chi connectivity index (χ4n) is 7.88. The second kappa shape index (κ2) is 13.5. The van der Waals surface area contributed by atoms with Gasteiger partial charge < -0.3 is 9.32 Å². The zero-order valence-electron chi connectivity index (χ0n) is 28.2. The highest BCUT2D eigenvalue weighted by molar-refractivity contribution is 6.06. The minimum atomic E-state index is -0.284. The van der Waals surface area contributed by atoms with Crippen LogP contribution in [0.2, 0.25) is 0 Å². The summed E-state index contributed by atoms with van der Waals surface area (Å²) < 4.78 is 7.86. The molecule has 0 atom stereocenters. The molecule has 254 valence electrons. The Labute approximate surface area is 287 Å². The number of aryl methyl sites for hydroxylation is 1. The molecule has 0 unspecified atom stereocenters. The van der Waals surface area contributed by atoms with Crippen molar-refractivity contribution >= 4 is 45.3 Å². The summed E-state index contributed by atoms with van der Waals surface area (Å²) in [5.41, 5.74) is 4.51. The number of imide groups is 1. The molecule has 1 aliphatic heterocycles. The second-order valence-electron chi connectivity index (χ2n) is 14.7. The van der Waals surface area contributed by atoms with E-state index in [1.807, 2.05) is 41.1 Å². The maximum atomic E-state index is 13.6. The van der Waals surface area contributed by atoms with Crippen LogP contribution in [0.25, 0.3) is 21.9 Å². The summed E-state index contributed by atoms with van der Waals surface area (Å²) in [4.78, 5) is 46.3. The van der Waals surface area contributed by atoms with E-state index >= 15 is 0 Å². The highest BCUT2D eigenvalue weighted by Crippen LogP contribution is 2.35. The van der Waals surface area contributed by atoms with Crippen molar-refractivity contribution in [3.8, 4) is 6.07 Å². The zero-order valence-corrected chi connectivity index (χ0v) is 28.2. The van der Waals surface area contributed by atoms with Crippen LogP contribution in [0, 0.1) is 23.2 Å². The van der Waals surface area contributed by atoms with Gasteiger partial charge in [-0.2, -0.15) is 5.26 Å². The SMILES string of the molecule is N#Cc1ccc2c(c1)c(CCCCN1CCN(c3ccc4oc(C(=O)N(C(=O)C5CCC5)C5CCC5)cc4c3)CC1)cn2C(=O)C1CCC1. The molecule has 0 bridgehead atoms. The van der Waals surface area contributed by atoms with E-state index < -0.39 is 0 Å². The Kier molecular flexibility index (Phi) is 8.75. The third-order valence-electron chi connectivity index (χ3n) is 11.7. The number of furan rings is 1. The van der Waals surface area contributed by atoms with Crippen LogP contribution in [0.3, 0.4) is 0 Å². The third-order valence-corrected chi connectivity index (χ3v) is 11.7. The van der Waals surface area contributed by atoms with Gasteiger partial charge in [-0.25, -0.2) is 0 Å². The number of anilines is 1. The number of amides is 2. The fourth-order valence-corrected chi connectivity index (χ4v) is 7.88. The van der Waals surface area contributed by atoms with Crippen molar-refractivity contribution in [3.63, 3.8) is 0 Å². The standard InChI is InChI=1S/C40H45N5O4/c41-25-27-13-15-35-34(22-27)30(26-44(35)38(46)28-7-3-8-28)6-1-2-17-42-18-20-43(21-19-42)33-14-16-36-31(23-33)24-37(49-36)40(48)45(32-11-5-12-32)39(47)29-9-4-10-29/h13-16,22-24,26,28-29,32H,1-12,17-21H2. The number of hydrogen-bond acceptors (Lipinski definition) is 7. The number of rotatable bonds is 10. The Morgan fingerprint density at radius 2 is 1.61 bits per heavy atom. The van der Waals surface area contributed by atoms with Gasteiger partial charge in [-0.3, -0.25) is 28.8 Å². The van der Waals surface area contributed by atoms with Gasteiger partial charge in [-0.1, -0.05) is 12.8 Å². The predicted molar refractivity (Wildman–Crippen MR) is 189 cm³/mol. The summed E-state index contributed by atoms with van der Waals surface area (Å²) in [7, 11) is 0. The number of fused-ring (bicyclic) bond motifs is 2. The molecular formula is C40H45N5O4. The van der Waals surface area contributed by atoms with Gasteiger partial charge in [0, 0.05) is 66.7 Å². The van der Waals surface area contributed by atoms with Gasteiger partial charge in [-0.05, 0) is 119 Å². The molecule has 4 fully saturated rings. The predicted octanol–water partition coefficient (Wildman–Crippen LogP) is 7.17. The van der Waals surface area contributed by atoms with Gasteiger partial charge in [0.25, 0.3) is 5.91 Å². The van der Waals surface area contributed by atoms with Crippen molar-refractivity contribution in [2.75, 3.05) is 37.6 Å². The molecule has 0 radical (unpaired) electrons. The van der Waals surface area contributed by atoms with E-state index in [2.05, 4.69) is 28.0 Å². The Bertz CT molecular complexity index is 1930. The van der Waals surface area contributed by atoms with Crippen LogP contribution in [-0.4, -0.2) is 70.9 Å². The molecule has 2 aromatic heterocycles. The number of benzene rings is 2. The number of carbonyl (C=O) groups excluding carboxylic acids is 3. The van der Waals surface area contributed by atoms with E-state index in [1.54, 1.807) is 0 Å². The van der Waals surface area contributed by atoms with E-state index in [9.17, 15) is 19.6 Å². The molecule has 8 rings (SSSR count). The average Bonchev–Trinajstić information content (AvgIpc) is 3.64. The number of nitriles is 1. The number of carbonyl (C=O) groups is 3. The maximum absolute atomic E-state index is 13.6. The van der Waals surface area contributed by atoms with Crippen molar-refractivity contribution < 1.29 is 18.8 Å². The molecule has 4 aromatic rings. The van der Waals surface area contributed by atoms with Crippen molar-refractivity contribution in [2.45, 2.75) is 83.1 Å². The van der Waals surface area contributed by atoms with Crippen LogP contribution in [0.15, 0.2) is 53.1 Å². The maximum Gasteiger partial charge on any atom is 0.296 e. The number of unbranched alkanes of at least 4 members (excludes halogenated alkanes) is 1. The smallest absolute Gasteiger partial charge is 0.296 e. The first-order chi connectivity index (χ1) is 24.0. The topological polar surface area (TPSA) is 103 Å². The molecule has 4 aliphatic rings. The van der Waals surface area contributed by atoms with E-state index in [1.165, 1.54) is 4.90 Å². The number of piperazine rings is 1. The Morgan fingerprint density at radius 3 is 2.29 bits per heavy atom. The zero-order chi connectivity index (χ0) is 33.5. The lowest BCUT2D eigenvalue weighted by molar-refractivity contribution is -0.138. The normalized spacial score (nSPS) is 19.0. The van der Waals surface area contributed by atoms with Gasteiger partial charge in [0.05, 0.1) is 17.1 Å². The van der Waals surface area contributed by atoms with Gasteiger partial charge in [-0.15, -0.1) is 0 Å². The molecule has 9 heteroatoms. The van der Waals surface area contributed by atoms with Gasteiger partial charge in [0.1, 0.15) is 5.58 Å². The van der Waals surface area contributed by atoms with Crippen LogP contribution < -0.4 is 4.90 Å². The minimum absolute atomic E-state index is 0.00690. The molecule has 2 aromatic carbocycles.